The molecule has 3 rings (SSSR count). The number of benzene rings is 1. The molecule has 0 saturated heterocycles. The zero-order valence-electron chi connectivity index (χ0n) is 17.1. The zero-order chi connectivity index (χ0) is 21.0. The van der Waals surface area contributed by atoms with Crippen LogP contribution in [0.2, 0.25) is 0 Å². The minimum Gasteiger partial charge on any atom is -0.348 e. The van der Waals surface area contributed by atoms with Gasteiger partial charge in [0.05, 0.1) is 10.6 Å². The van der Waals surface area contributed by atoms with Crippen LogP contribution in [0.3, 0.4) is 0 Å². The summed E-state index contributed by atoms with van der Waals surface area (Å²) in [7, 11) is 0. The Morgan fingerprint density at radius 2 is 1.86 bits per heavy atom. The molecule has 0 aliphatic heterocycles. The van der Waals surface area contributed by atoms with E-state index in [0.717, 1.165) is 11.4 Å². The molecule has 0 saturated carbocycles. The molecule has 1 N–H and O–H groups in total. The van der Waals surface area contributed by atoms with Gasteiger partial charge in [-0.2, -0.15) is 0 Å². The first-order chi connectivity index (χ1) is 13.9. The Morgan fingerprint density at radius 1 is 1.17 bits per heavy atom. The summed E-state index contributed by atoms with van der Waals surface area (Å²) in [6.07, 6.45) is 0. The Balaban J connectivity index is 1.80. The van der Waals surface area contributed by atoms with E-state index in [0.29, 0.717) is 30.1 Å². The van der Waals surface area contributed by atoms with E-state index in [9.17, 15) is 9.18 Å². The number of amides is 1. The van der Waals surface area contributed by atoms with E-state index in [1.807, 2.05) is 17.5 Å². The minimum atomic E-state index is -0.329. The zero-order valence-corrected chi connectivity index (χ0v) is 17.9. The Kier molecular flexibility index (Phi) is 6.76. The van der Waals surface area contributed by atoms with Crippen LogP contribution in [0.25, 0.3) is 16.4 Å². The third-order valence-electron chi connectivity index (χ3n) is 4.61. The summed E-state index contributed by atoms with van der Waals surface area (Å²) >= 11 is 1.51. The first-order valence-electron chi connectivity index (χ1n) is 9.67. The molecule has 1 amide bonds. The van der Waals surface area contributed by atoms with Crippen LogP contribution in [0, 0.1) is 5.82 Å². The highest BCUT2D eigenvalue weighted by molar-refractivity contribution is 7.13. The van der Waals surface area contributed by atoms with Crippen molar-refractivity contribution < 1.29 is 9.18 Å². The van der Waals surface area contributed by atoms with E-state index in [2.05, 4.69) is 48.0 Å². The van der Waals surface area contributed by atoms with Crippen molar-refractivity contribution >= 4 is 17.2 Å². The quantitative estimate of drug-likeness (QED) is 0.604. The number of nitrogens with zero attached hydrogens (tertiary/aromatic N) is 4. The minimum absolute atomic E-state index is 0.0957. The lowest BCUT2D eigenvalue weighted by Crippen LogP contribution is -2.42. The molecule has 0 spiro atoms. The van der Waals surface area contributed by atoms with Crippen LogP contribution in [-0.4, -0.2) is 50.7 Å². The van der Waals surface area contributed by atoms with Gasteiger partial charge in [0.1, 0.15) is 5.82 Å². The molecule has 0 atom stereocenters. The SMILES string of the molecule is CC(C)N(CCNC(=O)c1nc(-c2cccs2)n(-c2ccc(F)cc2)n1)C(C)C. The summed E-state index contributed by atoms with van der Waals surface area (Å²) in [5.74, 6) is 0.00149. The third kappa shape index (κ3) is 5.07. The van der Waals surface area contributed by atoms with Crippen LogP contribution < -0.4 is 5.32 Å². The molecule has 0 bridgehead atoms. The Hall–Kier alpha value is -2.58. The average Bonchev–Trinajstić information content (AvgIpc) is 3.34. The number of hydrogen-bond donors (Lipinski definition) is 1. The van der Waals surface area contributed by atoms with Crippen molar-refractivity contribution in [3.05, 3.63) is 53.4 Å². The standard InChI is InChI=1S/C21H26FN5OS/c1-14(2)26(15(3)4)12-11-23-21(28)19-24-20(18-6-5-13-29-18)27(25-19)17-9-7-16(22)8-10-17/h5-10,13-15H,11-12H2,1-4H3,(H,23,28). The van der Waals surface area contributed by atoms with Crippen LogP contribution in [0.5, 0.6) is 0 Å². The van der Waals surface area contributed by atoms with E-state index in [1.54, 1.807) is 16.8 Å². The maximum Gasteiger partial charge on any atom is 0.291 e. The largest absolute Gasteiger partial charge is 0.348 e. The molecule has 2 aromatic heterocycles. The van der Waals surface area contributed by atoms with Crippen molar-refractivity contribution in [3.8, 4) is 16.4 Å². The van der Waals surface area contributed by atoms with E-state index < -0.39 is 0 Å². The monoisotopic (exact) mass is 415 g/mol. The predicted molar refractivity (Wildman–Crippen MR) is 114 cm³/mol. The molecule has 0 unspecified atom stereocenters. The average molecular weight is 416 g/mol. The predicted octanol–water partition coefficient (Wildman–Crippen LogP) is 3.98. The Bertz CT molecular complexity index is 927. The smallest absolute Gasteiger partial charge is 0.291 e. The van der Waals surface area contributed by atoms with Gasteiger partial charge in [-0.25, -0.2) is 14.1 Å². The Morgan fingerprint density at radius 3 is 2.45 bits per heavy atom. The number of nitrogens with one attached hydrogen (secondary N) is 1. The van der Waals surface area contributed by atoms with Crippen molar-refractivity contribution in [2.24, 2.45) is 0 Å². The van der Waals surface area contributed by atoms with Gasteiger partial charge in [0.25, 0.3) is 5.91 Å². The number of halogens is 1. The molecule has 6 nitrogen and oxygen atoms in total. The summed E-state index contributed by atoms with van der Waals surface area (Å²) in [4.78, 5) is 20.3. The molecule has 0 radical (unpaired) electrons. The molecule has 0 aliphatic rings. The second-order valence-corrected chi connectivity index (χ2v) is 8.25. The fraction of sp³-hybridized carbons (Fsp3) is 0.381. The van der Waals surface area contributed by atoms with Gasteiger partial charge < -0.3 is 5.32 Å². The van der Waals surface area contributed by atoms with Gasteiger partial charge in [0, 0.05) is 25.2 Å². The number of aromatic nitrogens is 3. The van der Waals surface area contributed by atoms with E-state index in [-0.39, 0.29) is 17.5 Å². The van der Waals surface area contributed by atoms with Crippen LogP contribution in [0.15, 0.2) is 41.8 Å². The molecule has 2 heterocycles. The van der Waals surface area contributed by atoms with Crippen LogP contribution in [0.1, 0.15) is 38.3 Å². The van der Waals surface area contributed by atoms with Gasteiger partial charge in [0.15, 0.2) is 5.82 Å². The van der Waals surface area contributed by atoms with Crippen molar-refractivity contribution in [1.29, 1.82) is 0 Å². The van der Waals surface area contributed by atoms with Gasteiger partial charge in [-0.15, -0.1) is 16.4 Å². The maximum absolute atomic E-state index is 13.3. The third-order valence-corrected chi connectivity index (χ3v) is 5.47. The maximum atomic E-state index is 13.3. The first kappa shape index (κ1) is 21.1. The fourth-order valence-electron chi connectivity index (χ4n) is 3.23. The van der Waals surface area contributed by atoms with Crippen molar-refractivity contribution in [1.82, 2.24) is 25.0 Å². The lowest BCUT2D eigenvalue weighted by Gasteiger charge is -2.30. The summed E-state index contributed by atoms with van der Waals surface area (Å²) in [5, 5.41) is 9.24. The molecule has 29 heavy (non-hydrogen) atoms. The van der Waals surface area contributed by atoms with Crippen molar-refractivity contribution in [2.45, 2.75) is 39.8 Å². The van der Waals surface area contributed by atoms with Gasteiger partial charge in [-0.05, 0) is 63.4 Å². The molecular weight excluding hydrogens is 389 g/mol. The van der Waals surface area contributed by atoms with Gasteiger partial charge >= 0.3 is 0 Å². The number of hydrogen-bond acceptors (Lipinski definition) is 5. The summed E-state index contributed by atoms with van der Waals surface area (Å²) in [6.45, 7) is 9.82. The van der Waals surface area contributed by atoms with Crippen molar-refractivity contribution in [3.63, 3.8) is 0 Å². The molecule has 1 aromatic carbocycles. The highest BCUT2D eigenvalue weighted by Gasteiger charge is 2.20. The van der Waals surface area contributed by atoms with Gasteiger partial charge in [-0.1, -0.05) is 6.07 Å². The number of rotatable bonds is 8. The van der Waals surface area contributed by atoms with Crippen molar-refractivity contribution in [2.75, 3.05) is 13.1 Å². The number of carbonyl (C=O) groups excluding carboxylic acids is 1. The number of thiophene rings is 1. The second-order valence-electron chi connectivity index (χ2n) is 7.31. The lowest BCUT2D eigenvalue weighted by atomic mass is 10.2. The topological polar surface area (TPSA) is 63.1 Å². The fourth-order valence-corrected chi connectivity index (χ4v) is 3.92. The van der Waals surface area contributed by atoms with Crippen LogP contribution in [-0.2, 0) is 0 Å². The van der Waals surface area contributed by atoms with Gasteiger partial charge in [-0.3, -0.25) is 9.69 Å². The molecule has 0 fully saturated rings. The van der Waals surface area contributed by atoms with E-state index >= 15 is 0 Å². The van der Waals surface area contributed by atoms with E-state index in [1.165, 1.54) is 23.5 Å². The normalized spacial score (nSPS) is 11.6. The number of carbonyl (C=O) groups is 1. The van der Waals surface area contributed by atoms with Gasteiger partial charge in [0.2, 0.25) is 5.82 Å². The molecule has 3 aromatic rings. The highest BCUT2D eigenvalue weighted by Crippen LogP contribution is 2.25. The lowest BCUT2D eigenvalue weighted by molar-refractivity contribution is 0.0929. The Labute approximate surface area is 174 Å². The summed E-state index contributed by atoms with van der Waals surface area (Å²) in [6, 6.07) is 10.6. The van der Waals surface area contributed by atoms with E-state index in [4.69, 9.17) is 0 Å². The molecule has 8 heteroatoms. The molecule has 0 aliphatic carbocycles. The van der Waals surface area contributed by atoms with Crippen LogP contribution >= 0.6 is 11.3 Å². The van der Waals surface area contributed by atoms with Crippen LogP contribution in [0.4, 0.5) is 4.39 Å². The summed E-state index contributed by atoms with van der Waals surface area (Å²) in [5.41, 5.74) is 0.646. The molecular formula is C21H26FN5OS. The first-order valence-corrected chi connectivity index (χ1v) is 10.6. The summed E-state index contributed by atoms with van der Waals surface area (Å²) < 4.78 is 14.9. The second kappa shape index (κ2) is 9.28. The molecule has 154 valence electrons. The highest BCUT2D eigenvalue weighted by atomic mass is 32.1.